The number of rotatable bonds is 11. The van der Waals surface area contributed by atoms with Crippen LogP contribution in [0.3, 0.4) is 0 Å². The Morgan fingerprint density at radius 1 is 1.11 bits per heavy atom. The van der Waals surface area contributed by atoms with Crippen LogP contribution in [0.4, 0.5) is 34.6 Å². The lowest BCUT2D eigenvalue weighted by molar-refractivity contribution is -0.138. The lowest BCUT2D eigenvalue weighted by atomic mass is 9.89. The number of nitrogens with one attached hydrogen (secondary N) is 3. The molecule has 0 radical (unpaired) electrons. The number of hydrogen-bond acceptors (Lipinski definition) is 11. The maximum Gasteiger partial charge on any atom is 0.419 e. The third kappa shape index (κ3) is 9.35. The number of thiocarbonyl (C=S) groups is 1. The van der Waals surface area contributed by atoms with Crippen LogP contribution in [-0.2, 0) is 30.1 Å². The fourth-order valence-corrected chi connectivity index (χ4v) is 8.59. The van der Waals surface area contributed by atoms with E-state index in [-0.39, 0.29) is 60.3 Å². The minimum absolute atomic E-state index is 0.0778. The van der Waals surface area contributed by atoms with Gasteiger partial charge in [0.05, 0.1) is 36.7 Å². The first-order valence-electron chi connectivity index (χ1n) is 18.9. The zero-order chi connectivity index (χ0) is 41.2. The number of nitrogens with zero attached hydrogens (tertiary/aromatic N) is 6. The minimum Gasteiger partial charge on any atom is -0.377 e. The Labute approximate surface area is 332 Å². The van der Waals surface area contributed by atoms with Crippen molar-refractivity contribution in [2.75, 3.05) is 48.3 Å². The summed E-state index contributed by atoms with van der Waals surface area (Å²) < 4.78 is 62.7. The SMILES string of the molecule is C[C@H]1CN(CCO[C@H]2CC[C@H](N3C(=S)N(c4cnc(C#N)c(C(F)(F)F)c4)C(=O)C3(C)C)CC2)C[C@@H](F)N1CC(=O)Nc1cccc(N[C@H]2CCC(=O)NC2=O)c1. The van der Waals surface area contributed by atoms with Gasteiger partial charge in [0.2, 0.25) is 17.7 Å². The summed E-state index contributed by atoms with van der Waals surface area (Å²) in [5.41, 5.74) is -2.23. The maximum absolute atomic E-state index is 15.5. The zero-order valence-corrected chi connectivity index (χ0v) is 32.6. The second kappa shape index (κ2) is 17.0. The van der Waals surface area contributed by atoms with E-state index < -0.39 is 47.1 Å². The number of piperazine rings is 1. The molecule has 3 N–H and O–H groups in total. The van der Waals surface area contributed by atoms with E-state index in [0.29, 0.717) is 63.2 Å². The molecule has 1 aromatic heterocycles. The molecule has 3 saturated heterocycles. The quantitative estimate of drug-likeness (QED) is 0.129. The summed E-state index contributed by atoms with van der Waals surface area (Å²) >= 11 is 5.68. The number of imide groups is 1. The first-order chi connectivity index (χ1) is 27.0. The van der Waals surface area contributed by atoms with Gasteiger partial charge < -0.3 is 20.3 Å². The highest BCUT2D eigenvalue weighted by molar-refractivity contribution is 7.80. The van der Waals surface area contributed by atoms with E-state index in [4.69, 9.17) is 22.2 Å². The van der Waals surface area contributed by atoms with E-state index in [1.165, 1.54) is 11.0 Å². The molecule has 3 atom stereocenters. The summed E-state index contributed by atoms with van der Waals surface area (Å²) in [4.78, 5) is 60.1. The van der Waals surface area contributed by atoms with Crippen molar-refractivity contribution >= 4 is 58.0 Å². The Bertz CT molecular complexity index is 1920. The Balaban J connectivity index is 0.943. The van der Waals surface area contributed by atoms with Gasteiger partial charge in [-0.2, -0.15) is 18.4 Å². The standard InChI is InChI=1S/C38H45F4N9O5S/c1-22-19-48(20-31(39)49(22)21-33(53)46-24-6-4-5-23(15-24)45-29-11-12-32(52)47-34(29)54)13-14-56-27-9-7-25(8-10-27)51-36(57)50(35(55)37(51,2)3)26-16-28(38(40,41)42)30(17-43)44-18-26/h4-6,15-16,18,22,25,27,29,31,45H,7-14,19-21H2,1-3H3,(H,46,53)(H,47,52,54)/t22-,25-,27-,29-,31-/m0/s1. The number of pyridine rings is 1. The molecule has 1 aliphatic carbocycles. The zero-order valence-electron chi connectivity index (χ0n) is 31.8. The largest absolute Gasteiger partial charge is 0.419 e. The summed E-state index contributed by atoms with van der Waals surface area (Å²) in [5.74, 6) is -1.59. The van der Waals surface area contributed by atoms with Crippen molar-refractivity contribution in [3.63, 3.8) is 0 Å². The highest BCUT2D eigenvalue weighted by Gasteiger charge is 2.53. The van der Waals surface area contributed by atoms with Crippen molar-refractivity contribution in [2.24, 2.45) is 0 Å². The Morgan fingerprint density at radius 2 is 1.82 bits per heavy atom. The number of amides is 4. The van der Waals surface area contributed by atoms with Crippen molar-refractivity contribution in [2.45, 2.75) is 102 Å². The number of hydrogen-bond donors (Lipinski definition) is 3. The molecule has 3 aliphatic heterocycles. The average molecular weight is 816 g/mol. The molecular formula is C38H45F4N9O5S. The lowest BCUT2D eigenvalue weighted by Crippen LogP contribution is -2.58. The number of piperidine rings is 1. The fourth-order valence-electron chi connectivity index (χ4n) is 8.02. The van der Waals surface area contributed by atoms with Gasteiger partial charge in [0.1, 0.15) is 17.6 Å². The summed E-state index contributed by atoms with van der Waals surface area (Å²) in [7, 11) is 0. The van der Waals surface area contributed by atoms with Gasteiger partial charge >= 0.3 is 6.18 Å². The van der Waals surface area contributed by atoms with Gasteiger partial charge in [0.25, 0.3) is 5.91 Å². The van der Waals surface area contributed by atoms with Gasteiger partial charge in [0, 0.05) is 49.5 Å². The highest BCUT2D eigenvalue weighted by atomic mass is 32.1. The molecule has 6 rings (SSSR count). The van der Waals surface area contributed by atoms with Gasteiger partial charge in [-0.1, -0.05) is 6.07 Å². The van der Waals surface area contributed by atoms with Crippen LogP contribution in [0.5, 0.6) is 0 Å². The predicted molar refractivity (Wildman–Crippen MR) is 204 cm³/mol. The number of benzene rings is 1. The van der Waals surface area contributed by atoms with E-state index in [1.54, 1.807) is 43.0 Å². The summed E-state index contributed by atoms with van der Waals surface area (Å²) in [6.45, 7) is 6.56. The summed E-state index contributed by atoms with van der Waals surface area (Å²) in [6.07, 6.45) is -2.09. The monoisotopic (exact) mass is 815 g/mol. The van der Waals surface area contributed by atoms with Crippen molar-refractivity contribution in [1.82, 2.24) is 25.0 Å². The van der Waals surface area contributed by atoms with Crippen LogP contribution in [0.1, 0.15) is 70.6 Å². The van der Waals surface area contributed by atoms with Crippen molar-refractivity contribution in [3.8, 4) is 6.07 Å². The predicted octanol–water partition coefficient (Wildman–Crippen LogP) is 4.17. The second-order valence-electron chi connectivity index (χ2n) is 15.3. The molecule has 14 nitrogen and oxygen atoms in total. The van der Waals surface area contributed by atoms with Crippen LogP contribution >= 0.6 is 12.2 Å². The first-order valence-corrected chi connectivity index (χ1v) is 19.3. The number of carbonyl (C=O) groups is 4. The Morgan fingerprint density at radius 3 is 2.49 bits per heavy atom. The normalized spacial score (nSPS) is 26.0. The number of nitriles is 1. The molecule has 1 aromatic carbocycles. The van der Waals surface area contributed by atoms with Gasteiger partial charge in [-0.25, -0.2) is 9.37 Å². The minimum atomic E-state index is -4.84. The van der Waals surface area contributed by atoms with Gasteiger partial charge in [0.15, 0.2) is 17.1 Å². The molecule has 0 spiro atoms. The number of anilines is 3. The molecule has 4 amide bonds. The Kier molecular flexibility index (Phi) is 12.5. The van der Waals surface area contributed by atoms with Gasteiger partial charge in [-0.05, 0) is 89.4 Å². The smallest absolute Gasteiger partial charge is 0.377 e. The molecule has 1 saturated carbocycles. The molecule has 0 unspecified atom stereocenters. The summed E-state index contributed by atoms with van der Waals surface area (Å²) in [5, 5.41) is 17.4. The topological polar surface area (TPSA) is 163 Å². The van der Waals surface area contributed by atoms with Crippen LogP contribution in [0.2, 0.25) is 0 Å². The molecule has 57 heavy (non-hydrogen) atoms. The molecule has 2 aromatic rings. The number of halogens is 4. The average Bonchev–Trinajstić information content (AvgIpc) is 3.32. The van der Waals surface area contributed by atoms with E-state index in [9.17, 15) is 32.3 Å². The molecule has 4 heterocycles. The van der Waals surface area contributed by atoms with E-state index in [1.807, 2.05) is 11.8 Å². The number of ether oxygens (including phenoxy) is 1. The molecule has 19 heteroatoms. The molecule has 4 fully saturated rings. The maximum atomic E-state index is 15.5. The molecular weight excluding hydrogens is 771 g/mol. The molecule has 0 bridgehead atoms. The van der Waals surface area contributed by atoms with Crippen molar-refractivity contribution < 1.29 is 41.5 Å². The highest BCUT2D eigenvalue weighted by Crippen LogP contribution is 2.40. The number of carbonyl (C=O) groups excluding carboxylic acids is 4. The van der Waals surface area contributed by atoms with E-state index in [2.05, 4.69) is 20.9 Å². The summed E-state index contributed by atoms with van der Waals surface area (Å²) in [6, 6.07) is 8.02. The van der Waals surface area contributed by atoms with Crippen LogP contribution in [0.15, 0.2) is 36.5 Å². The van der Waals surface area contributed by atoms with E-state index in [0.717, 1.165) is 17.2 Å². The van der Waals surface area contributed by atoms with Crippen LogP contribution in [0.25, 0.3) is 0 Å². The van der Waals surface area contributed by atoms with Crippen LogP contribution in [-0.4, -0.2) is 117 Å². The second-order valence-corrected chi connectivity index (χ2v) is 15.7. The third-order valence-corrected chi connectivity index (χ3v) is 11.3. The van der Waals surface area contributed by atoms with Gasteiger partial charge in [-0.15, -0.1) is 0 Å². The lowest BCUT2D eigenvalue weighted by Gasteiger charge is -2.42. The van der Waals surface area contributed by atoms with Gasteiger partial charge in [-0.3, -0.25) is 39.2 Å². The molecule has 306 valence electrons. The van der Waals surface area contributed by atoms with E-state index >= 15 is 4.39 Å². The van der Waals surface area contributed by atoms with Crippen LogP contribution < -0.4 is 20.9 Å². The fraction of sp³-hybridized carbons (Fsp3) is 0.553. The van der Waals surface area contributed by atoms with Crippen molar-refractivity contribution in [3.05, 3.63) is 47.8 Å². The first kappa shape index (κ1) is 41.9. The number of alkyl halides is 4. The molecule has 4 aliphatic rings. The Hall–Kier alpha value is -4.77. The number of aromatic nitrogens is 1. The third-order valence-electron chi connectivity index (χ3n) is 10.9. The van der Waals surface area contributed by atoms with Crippen molar-refractivity contribution in [1.29, 1.82) is 5.26 Å². The van der Waals surface area contributed by atoms with Crippen LogP contribution in [0, 0.1) is 11.3 Å².